The molecule has 2 aromatic heterocycles. The van der Waals surface area contributed by atoms with Gasteiger partial charge in [0, 0.05) is 42.3 Å². The fraction of sp³-hybridized carbons (Fsp3) is 0.273. The van der Waals surface area contributed by atoms with Crippen molar-refractivity contribution >= 4 is 31.7 Å². The van der Waals surface area contributed by atoms with Crippen LogP contribution in [-0.2, 0) is 15.6 Å². The lowest BCUT2D eigenvalue weighted by atomic mass is 9.99. The van der Waals surface area contributed by atoms with Crippen LogP contribution in [0.1, 0.15) is 19.5 Å². The number of aromatic nitrogens is 3. The SMILES string of the molecule is C[C@H](CNCC(C)(O)c1[nH]nc2ccccc12)NS(=O)(=O)c1ccc2cnccc2c1. The van der Waals surface area contributed by atoms with Gasteiger partial charge in [0.2, 0.25) is 10.0 Å². The Bertz CT molecular complexity index is 1320. The van der Waals surface area contributed by atoms with Gasteiger partial charge in [-0.05, 0) is 43.5 Å². The van der Waals surface area contributed by atoms with Gasteiger partial charge in [-0.15, -0.1) is 0 Å². The maximum atomic E-state index is 12.8. The number of aliphatic hydroxyl groups is 1. The minimum Gasteiger partial charge on any atom is -0.383 e. The van der Waals surface area contributed by atoms with Crippen LogP contribution in [0.25, 0.3) is 21.7 Å². The van der Waals surface area contributed by atoms with Crippen molar-refractivity contribution in [1.29, 1.82) is 0 Å². The molecular weight excluding hydrogens is 414 g/mol. The maximum absolute atomic E-state index is 12.8. The fourth-order valence-corrected chi connectivity index (χ4v) is 4.87. The molecule has 2 aromatic carbocycles. The van der Waals surface area contributed by atoms with Gasteiger partial charge in [-0.1, -0.05) is 24.3 Å². The van der Waals surface area contributed by atoms with Gasteiger partial charge in [0.05, 0.1) is 16.1 Å². The molecule has 162 valence electrons. The number of aromatic amines is 1. The molecule has 0 aliphatic rings. The molecule has 1 unspecified atom stereocenters. The number of benzene rings is 2. The number of hydrogen-bond acceptors (Lipinski definition) is 6. The first-order chi connectivity index (χ1) is 14.8. The first-order valence-electron chi connectivity index (χ1n) is 9.99. The Morgan fingerprint density at radius 1 is 1.16 bits per heavy atom. The molecule has 4 aromatic rings. The molecule has 4 rings (SSSR count). The van der Waals surface area contributed by atoms with Gasteiger partial charge in [0.15, 0.2) is 0 Å². The summed E-state index contributed by atoms with van der Waals surface area (Å²) in [6.07, 6.45) is 3.33. The standard InChI is InChI=1S/C22H25N5O3S/c1-15(27-31(29,30)18-8-7-17-13-23-10-9-16(17)11-18)12-24-14-22(2,28)21-19-5-3-4-6-20(19)25-26-21/h3-11,13,15,24,27-28H,12,14H2,1-2H3,(H,25,26)/t15-,22?/m1/s1. The average Bonchev–Trinajstić information content (AvgIpc) is 3.18. The molecule has 0 aliphatic carbocycles. The largest absolute Gasteiger partial charge is 0.383 e. The smallest absolute Gasteiger partial charge is 0.240 e. The second-order valence-electron chi connectivity index (χ2n) is 7.93. The zero-order valence-electron chi connectivity index (χ0n) is 17.3. The number of nitrogens with one attached hydrogen (secondary N) is 3. The van der Waals surface area contributed by atoms with Gasteiger partial charge in [-0.3, -0.25) is 10.1 Å². The predicted molar refractivity (Wildman–Crippen MR) is 120 cm³/mol. The van der Waals surface area contributed by atoms with Crippen LogP contribution in [0, 0.1) is 0 Å². The Kier molecular flexibility index (Phi) is 5.76. The fourth-order valence-electron chi connectivity index (χ4n) is 3.59. The van der Waals surface area contributed by atoms with E-state index in [1.54, 1.807) is 50.5 Å². The zero-order valence-corrected chi connectivity index (χ0v) is 18.1. The minimum atomic E-state index is -3.68. The van der Waals surface area contributed by atoms with E-state index >= 15 is 0 Å². The second kappa shape index (κ2) is 8.35. The molecule has 31 heavy (non-hydrogen) atoms. The summed E-state index contributed by atoms with van der Waals surface area (Å²) in [7, 11) is -3.68. The molecule has 9 heteroatoms. The van der Waals surface area contributed by atoms with E-state index in [-0.39, 0.29) is 17.5 Å². The molecule has 0 spiro atoms. The molecule has 0 saturated heterocycles. The van der Waals surface area contributed by atoms with Crippen LogP contribution in [-0.4, -0.2) is 47.8 Å². The van der Waals surface area contributed by atoms with E-state index < -0.39 is 15.6 Å². The monoisotopic (exact) mass is 439 g/mol. The maximum Gasteiger partial charge on any atom is 0.240 e. The number of pyridine rings is 1. The van der Waals surface area contributed by atoms with Crippen LogP contribution >= 0.6 is 0 Å². The normalized spacial score (nSPS) is 15.2. The van der Waals surface area contributed by atoms with Gasteiger partial charge in [0.1, 0.15) is 5.60 Å². The third kappa shape index (κ3) is 4.59. The van der Waals surface area contributed by atoms with Gasteiger partial charge in [0.25, 0.3) is 0 Å². The highest BCUT2D eigenvalue weighted by atomic mass is 32.2. The van der Waals surface area contributed by atoms with Crippen molar-refractivity contribution in [2.45, 2.75) is 30.4 Å². The molecule has 0 radical (unpaired) electrons. The first-order valence-corrected chi connectivity index (χ1v) is 11.5. The first kappa shape index (κ1) is 21.4. The van der Waals surface area contributed by atoms with Crippen LogP contribution in [0.15, 0.2) is 65.8 Å². The minimum absolute atomic E-state index is 0.203. The molecule has 0 fully saturated rings. The van der Waals surface area contributed by atoms with Gasteiger partial charge in [-0.25, -0.2) is 13.1 Å². The van der Waals surface area contributed by atoms with E-state index in [0.717, 1.165) is 21.7 Å². The number of para-hydroxylation sites is 1. The summed E-state index contributed by atoms with van der Waals surface area (Å²) in [6, 6.07) is 13.9. The predicted octanol–water partition coefficient (Wildman–Crippen LogP) is 2.28. The Balaban J connectivity index is 1.38. The molecule has 2 heterocycles. The molecule has 4 N–H and O–H groups in total. The van der Waals surface area contributed by atoms with Crippen molar-refractivity contribution in [3.05, 3.63) is 66.6 Å². The highest BCUT2D eigenvalue weighted by Gasteiger charge is 2.27. The van der Waals surface area contributed by atoms with Crippen LogP contribution in [0.5, 0.6) is 0 Å². The van der Waals surface area contributed by atoms with Crippen LogP contribution in [0.2, 0.25) is 0 Å². The summed E-state index contributed by atoms with van der Waals surface area (Å²) in [5.41, 5.74) is 0.209. The van der Waals surface area contributed by atoms with E-state index in [1.165, 1.54) is 0 Å². The number of rotatable bonds is 8. The lowest BCUT2D eigenvalue weighted by Crippen LogP contribution is -2.44. The van der Waals surface area contributed by atoms with Crippen LogP contribution in [0.3, 0.4) is 0 Å². The highest BCUT2D eigenvalue weighted by Crippen LogP contribution is 2.25. The van der Waals surface area contributed by atoms with E-state index in [1.807, 2.05) is 24.3 Å². The van der Waals surface area contributed by atoms with E-state index in [2.05, 4.69) is 25.2 Å². The molecule has 2 atom stereocenters. The van der Waals surface area contributed by atoms with Crippen molar-refractivity contribution in [2.24, 2.45) is 0 Å². The molecule has 8 nitrogen and oxygen atoms in total. The Labute approximate surface area is 180 Å². The molecular formula is C22H25N5O3S. The number of hydrogen-bond donors (Lipinski definition) is 4. The summed E-state index contributed by atoms with van der Waals surface area (Å²) < 4.78 is 28.2. The Hall–Kier alpha value is -2.85. The van der Waals surface area contributed by atoms with E-state index in [0.29, 0.717) is 12.2 Å². The van der Waals surface area contributed by atoms with E-state index in [9.17, 15) is 13.5 Å². The zero-order chi connectivity index (χ0) is 22.1. The number of sulfonamides is 1. The van der Waals surface area contributed by atoms with Gasteiger partial charge >= 0.3 is 0 Å². The number of fused-ring (bicyclic) bond motifs is 2. The number of nitrogens with zero attached hydrogens (tertiary/aromatic N) is 2. The molecule has 0 saturated carbocycles. The molecule has 0 bridgehead atoms. The lowest BCUT2D eigenvalue weighted by Gasteiger charge is -2.24. The summed E-state index contributed by atoms with van der Waals surface area (Å²) >= 11 is 0. The van der Waals surface area contributed by atoms with E-state index in [4.69, 9.17) is 0 Å². The van der Waals surface area contributed by atoms with Crippen molar-refractivity contribution < 1.29 is 13.5 Å². The quantitative estimate of drug-likeness (QED) is 0.334. The third-order valence-electron chi connectivity index (χ3n) is 5.20. The van der Waals surface area contributed by atoms with Crippen molar-refractivity contribution in [3.63, 3.8) is 0 Å². The lowest BCUT2D eigenvalue weighted by molar-refractivity contribution is 0.0537. The molecule has 0 aliphatic heterocycles. The van der Waals surface area contributed by atoms with Crippen molar-refractivity contribution in [1.82, 2.24) is 25.2 Å². The van der Waals surface area contributed by atoms with Gasteiger partial charge < -0.3 is 10.4 Å². The average molecular weight is 440 g/mol. The Morgan fingerprint density at radius 3 is 2.81 bits per heavy atom. The Morgan fingerprint density at radius 2 is 1.97 bits per heavy atom. The summed E-state index contributed by atoms with van der Waals surface area (Å²) in [4.78, 5) is 4.24. The third-order valence-corrected chi connectivity index (χ3v) is 6.79. The summed E-state index contributed by atoms with van der Waals surface area (Å²) in [5.74, 6) is 0. The van der Waals surface area contributed by atoms with Crippen molar-refractivity contribution in [2.75, 3.05) is 13.1 Å². The summed E-state index contributed by atoms with van der Waals surface area (Å²) in [6.45, 7) is 4.04. The van der Waals surface area contributed by atoms with Crippen LogP contribution < -0.4 is 10.0 Å². The van der Waals surface area contributed by atoms with Crippen LogP contribution in [0.4, 0.5) is 0 Å². The molecule has 0 amide bonds. The second-order valence-corrected chi connectivity index (χ2v) is 9.64. The van der Waals surface area contributed by atoms with Crippen molar-refractivity contribution in [3.8, 4) is 0 Å². The van der Waals surface area contributed by atoms with Gasteiger partial charge in [-0.2, -0.15) is 5.10 Å². The topological polar surface area (TPSA) is 120 Å². The summed E-state index contributed by atoms with van der Waals surface area (Å²) in [5, 5.41) is 23.7. The highest BCUT2D eigenvalue weighted by molar-refractivity contribution is 7.89. The number of H-pyrrole nitrogens is 1.